The minimum atomic E-state index is 0.226. The number of aryl methyl sites for hydroxylation is 2. The molecule has 0 spiro atoms. The van der Waals surface area contributed by atoms with Crippen molar-refractivity contribution in [3.8, 4) is 11.3 Å². The molecular weight excluding hydrogens is 422 g/mol. The first kappa shape index (κ1) is 22.3. The van der Waals surface area contributed by atoms with E-state index in [0.29, 0.717) is 12.8 Å². The highest BCUT2D eigenvalue weighted by Gasteiger charge is 2.22. The maximum absolute atomic E-state index is 13.0. The molecule has 1 aliphatic rings. The molecule has 6 heteroatoms. The summed E-state index contributed by atoms with van der Waals surface area (Å²) in [5.74, 6) is 0.226. The number of aromatic nitrogens is 3. The van der Waals surface area contributed by atoms with E-state index in [9.17, 15) is 4.79 Å². The van der Waals surface area contributed by atoms with Gasteiger partial charge < -0.3 is 4.90 Å². The summed E-state index contributed by atoms with van der Waals surface area (Å²) in [4.78, 5) is 22.2. The lowest BCUT2D eigenvalue weighted by Gasteiger charge is -2.35. The molecule has 0 saturated carbocycles. The molecule has 0 N–H and O–H groups in total. The number of nitrogens with zero attached hydrogens (tertiary/aromatic N) is 5. The predicted molar refractivity (Wildman–Crippen MR) is 135 cm³/mol. The number of amides is 1. The Kier molecular flexibility index (Phi) is 6.41. The second kappa shape index (κ2) is 9.77. The summed E-state index contributed by atoms with van der Waals surface area (Å²) in [6.07, 6.45) is 1.19. The first-order valence-corrected chi connectivity index (χ1v) is 12.0. The fourth-order valence-electron chi connectivity index (χ4n) is 4.83. The van der Waals surface area contributed by atoms with Crippen LogP contribution in [0.1, 0.15) is 28.9 Å². The van der Waals surface area contributed by atoms with Crippen LogP contribution in [0.2, 0.25) is 0 Å². The molecule has 174 valence electrons. The summed E-state index contributed by atoms with van der Waals surface area (Å²) in [6, 6.07) is 22.7. The Balaban J connectivity index is 1.22. The van der Waals surface area contributed by atoms with Crippen molar-refractivity contribution in [3.63, 3.8) is 0 Å². The Morgan fingerprint density at radius 3 is 2.29 bits per heavy atom. The SMILES string of the molecule is Cc1nc2cc(-c3ccccc3)nn2c(C)c1CCC(=O)N1CCN(Cc2ccccc2)CC1. The lowest BCUT2D eigenvalue weighted by Crippen LogP contribution is -2.48. The fraction of sp³-hybridized carbons (Fsp3) is 0.321. The number of carbonyl (C=O) groups is 1. The van der Waals surface area contributed by atoms with Crippen molar-refractivity contribution in [1.29, 1.82) is 0 Å². The average molecular weight is 454 g/mol. The van der Waals surface area contributed by atoms with Gasteiger partial charge in [0.2, 0.25) is 5.91 Å². The van der Waals surface area contributed by atoms with Gasteiger partial charge in [0, 0.05) is 62.2 Å². The molecule has 0 radical (unpaired) electrons. The third-order valence-electron chi connectivity index (χ3n) is 6.80. The highest BCUT2D eigenvalue weighted by molar-refractivity contribution is 5.76. The van der Waals surface area contributed by atoms with Gasteiger partial charge in [0.05, 0.1) is 5.69 Å². The van der Waals surface area contributed by atoms with Crippen molar-refractivity contribution >= 4 is 11.6 Å². The largest absolute Gasteiger partial charge is 0.340 e. The van der Waals surface area contributed by atoms with E-state index < -0.39 is 0 Å². The van der Waals surface area contributed by atoms with Gasteiger partial charge in [-0.05, 0) is 31.4 Å². The Morgan fingerprint density at radius 1 is 0.912 bits per heavy atom. The maximum atomic E-state index is 13.0. The third kappa shape index (κ3) is 4.73. The third-order valence-corrected chi connectivity index (χ3v) is 6.80. The van der Waals surface area contributed by atoms with Crippen LogP contribution in [-0.4, -0.2) is 56.5 Å². The summed E-state index contributed by atoms with van der Waals surface area (Å²) in [7, 11) is 0. The van der Waals surface area contributed by atoms with Gasteiger partial charge in [-0.25, -0.2) is 9.50 Å². The normalized spacial score (nSPS) is 14.6. The van der Waals surface area contributed by atoms with Gasteiger partial charge >= 0.3 is 0 Å². The first-order chi connectivity index (χ1) is 16.6. The molecule has 4 aromatic rings. The summed E-state index contributed by atoms with van der Waals surface area (Å²) >= 11 is 0. The van der Waals surface area contributed by atoms with Crippen molar-refractivity contribution in [1.82, 2.24) is 24.4 Å². The Hall–Kier alpha value is -3.51. The second-order valence-electron chi connectivity index (χ2n) is 9.07. The monoisotopic (exact) mass is 453 g/mol. The van der Waals surface area contributed by atoms with Crippen molar-refractivity contribution in [3.05, 3.63) is 89.2 Å². The number of hydrogen-bond donors (Lipinski definition) is 0. The lowest BCUT2D eigenvalue weighted by molar-refractivity contribution is -0.133. The van der Waals surface area contributed by atoms with Crippen molar-refractivity contribution in [2.75, 3.05) is 26.2 Å². The lowest BCUT2D eigenvalue weighted by atomic mass is 10.1. The van der Waals surface area contributed by atoms with Gasteiger partial charge in [-0.2, -0.15) is 5.10 Å². The standard InChI is InChI=1S/C28H31N5O/c1-21-25(22(2)33-27(29-21)19-26(30-33)24-11-7-4-8-12-24)13-14-28(34)32-17-15-31(16-18-32)20-23-9-5-3-6-10-23/h3-12,19H,13-18,20H2,1-2H3. The van der Waals surface area contributed by atoms with Gasteiger partial charge in [0.1, 0.15) is 0 Å². The van der Waals surface area contributed by atoms with E-state index >= 15 is 0 Å². The Labute approximate surface area is 200 Å². The molecule has 1 fully saturated rings. The molecule has 0 unspecified atom stereocenters. The van der Waals surface area contributed by atoms with Crippen LogP contribution >= 0.6 is 0 Å². The maximum Gasteiger partial charge on any atom is 0.222 e. The molecule has 3 heterocycles. The number of piperazine rings is 1. The number of benzene rings is 2. The van der Waals surface area contributed by atoms with Crippen LogP contribution in [0.3, 0.4) is 0 Å². The van der Waals surface area contributed by atoms with Crippen LogP contribution in [0, 0.1) is 13.8 Å². The summed E-state index contributed by atoms with van der Waals surface area (Å²) < 4.78 is 1.91. The van der Waals surface area contributed by atoms with E-state index in [0.717, 1.165) is 66.6 Å². The predicted octanol–water partition coefficient (Wildman–Crippen LogP) is 4.29. The Morgan fingerprint density at radius 2 is 1.59 bits per heavy atom. The van der Waals surface area contributed by atoms with Gasteiger partial charge in [-0.15, -0.1) is 0 Å². The zero-order valence-electron chi connectivity index (χ0n) is 19.9. The number of fused-ring (bicyclic) bond motifs is 1. The van der Waals surface area contributed by atoms with E-state index in [-0.39, 0.29) is 5.91 Å². The van der Waals surface area contributed by atoms with Crippen LogP contribution in [0.15, 0.2) is 66.7 Å². The summed E-state index contributed by atoms with van der Waals surface area (Å²) in [5.41, 5.74) is 7.32. The minimum absolute atomic E-state index is 0.226. The molecule has 2 aromatic heterocycles. The number of hydrogen-bond acceptors (Lipinski definition) is 4. The highest BCUT2D eigenvalue weighted by atomic mass is 16.2. The highest BCUT2D eigenvalue weighted by Crippen LogP contribution is 2.23. The van der Waals surface area contributed by atoms with Crippen LogP contribution in [0.25, 0.3) is 16.9 Å². The average Bonchev–Trinajstić information content (AvgIpc) is 3.30. The fourth-order valence-corrected chi connectivity index (χ4v) is 4.83. The first-order valence-electron chi connectivity index (χ1n) is 12.0. The molecule has 1 aliphatic heterocycles. The molecule has 34 heavy (non-hydrogen) atoms. The van der Waals surface area contributed by atoms with Crippen molar-refractivity contribution in [2.24, 2.45) is 0 Å². The molecule has 2 aromatic carbocycles. The molecule has 0 aliphatic carbocycles. The van der Waals surface area contributed by atoms with Gasteiger partial charge in [0.25, 0.3) is 0 Å². The van der Waals surface area contributed by atoms with Gasteiger partial charge in [-0.1, -0.05) is 60.7 Å². The second-order valence-corrected chi connectivity index (χ2v) is 9.07. The molecule has 1 saturated heterocycles. The van der Waals surface area contributed by atoms with Crippen molar-refractivity contribution in [2.45, 2.75) is 33.2 Å². The smallest absolute Gasteiger partial charge is 0.222 e. The minimum Gasteiger partial charge on any atom is -0.340 e. The van der Waals surface area contributed by atoms with Crippen LogP contribution in [-0.2, 0) is 17.8 Å². The van der Waals surface area contributed by atoms with Crippen LogP contribution in [0.5, 0.6) is 0 Å². The summed E-state index contributed by atoms with van der Waals surface area (Å²) in [6.45, 7) is 8.47. The van der Waals surface area contributed by atoms with E-state index in [1.165, 1.54) is 5.56 Å². The summed E-state index contributed by atoms with van der Waals surface area (Å²) in [5, 5.41) is 4.80. The Bertz CT molecular complexity index is 1270. The molecule has 5 rings (SSSR count). The van der Waals surface area contributed by atoms with E-state index in [2.05, 4.69) is 48.2 Å². The number of carbonyl (C=O) groups excluding carboxylic acids is 1. The molecule has 0 atom stereocenters. The number of rotatable bonds is 6. The molecule has 0 bridgehead atoms. The topological polar surface area (TPSA) is 53.7 Å². The van der Waals surface area contributed by atoms with E-state index in [4.69, 9.17) is 10.1 Å². The van der Waals surface area contributed by atoms with Gasteiger partial charge in [-0.3, -0.25) is 9.69 Å². The van der Waals surface area contributed by atoms with Gasteiger partial charge in [0.15, 0.2) is 5.65 Å². The zero-order valence-corrected chi connectivity index (χ0v) is 19.9. The van der Waals surface area contributed by atoms with Crippen LogP contribution in [0.4, 0.5) is 0 Å². The molecular formula is C28H31N5O. The van der Waals surface area contributed by atoms with E-state index in [1.54, 1.807) is 0 Å². The zero-order chi connectivity index (χ0) is 23.5. The van der Waals surface area contributed by atoms with Crippen LogP contribution < -0.4 is 0 Å². The van der Waals surface area contributed by atoms with E-state index in [1.807, 2.05) is 46.7 Å². The quantitative estimate of drug-likeness (QED) is 0.437. The molecule has 1 amide bonds. The van der Waals surface area contributed by atoms with Crippen molar-refractivity contribution < 1.29 is 4.79 Å². The molecule has 6 nitrogen and oxygen atoms in total.